The number of aryl methyl sites for hydroxylation is 1. The van der Waals surface area contributed by atoms with Crippen LogP contribution in [0.15, 0.2) is 12.5 Å². The van der Waals surface area contributed by atoms with E-state index in [1.807, 2.05) is 14.0 Å². The van der Waals surface area contributed by atoms with Gasteiger partial charge in [0.05, 0.1) is 17.3 Å². The van der Waals surface area contributed by atoms with E-state index in [0.717, 1.165) is 23.1 Å². The Morgan fingerprint density at radius 2 is 2.29 bits per heavy atom. The standard InChI is InChI=1S/C9H13N5/c1-6(10)3-8-7-4-13-14(2)9(7)12-5-11-8/h4-6H,3,10H2,1-2H3. The smallest absolute Gasteiger partial charge is 0.161 e. The summed E-state index contributed by atoms with van der Waals surface area (Å²) < 4.78 is 1.74. The number of aromatic nitrogens is 4. The van der Waals surface area contributed by atoms with Gasteiger partial charge < -0.3 is 5.73 Å². The van der Waals surface area contributed by atoms with E-state index in [-0.39, 0.29) is 6.04 Å². The van der Waals surface area contributed by atoms with Crippen LogP contribution < -0.4 is 5.73 Å². The van der Waals surface area contributed by atoms with Gasteiger partial charge in [-0.2, -0.15) is 5.10 Å². The lowest BCUT2D eigenvalue weighted by Crippen LogP contribution is -2.18. The highest BCUT2D eigenvalue weighted by atomic mass is 15.3. The van der Waals surface area contributed by atoms with Crippen molar-refractivity contribution in [2.24, 2.45) is 12.8 Å². The van der Waals surface area contributed by atoms with E-state index in [4.69, 9.17) is 5.73 Å². The molecule has 74 valence electrons. The quantitative estimate of drug-likeness (QED) is 0.738. The Hall–Kier alpha value is -1.49. The molecule has 0 saturated carbocycles. The average Bonchev–Trinajstić information content (AvgIpc) is 2.49. The van der Waals surface area contributed by atoms with Gasteiger partial charge in [-0.15, -0.1) is 0 Å². The zero-order valence-corrected chi connectivity index (χ0v) is 8.31. The second kappa shape index (κ2) is 3.34. The maximum atomic E-state index is 5.73. The number of hydrogen-bond acceptors (Lipinski definition) is 4. The van der Waals surface area contributed by atoms with Crippen LogP contribution in [0.4, 0.5) is 0 Å². The monoisotopic (exact) mass is 191 g/mol. The number of nitrogens with zero attached hydrogens (tertiary/aromatic N) is 4. The molecule has 0 radical (unpaired) electrons. The fourth-order valence-electron chi connectivity index (χ4n) is 1.48. The van der Waals surface area contributed by atoms with Crippen LogP contribution >= 0.6 is 0 Å². The largest absolute Gasteiger partial charge is 0.328 e. The van der Waals surface area contributed by atoms with Crippen molar-refractivity contribution in [2.45, 2.75) is 19.4 Å². The van der Waals surface area contributed by atoms with Crippen LogP contribution in [0.2, 0.25) is 0 Å². The fraction of sp³-hybridized carbons (Fsp3) is 0.444. The molecule has 0 aliphatic rings. The predicted molar refractivity (Wildman–Crippen MR) is 53.7 cm³/mol. The molecule has 2 aromatic heterocycles. The molecule has 0 spiro atoms. The molecule has 14 heavy (non-hydrogen) atoms. The van der Waals surface area contributed by atoms with E-state index in [1.54, 1.807) is 17.2 Å². The van der Waals surface area contributed by atoms with Gasteiger partial charge in [0.25, 0.3) is 0 Å². The molecule has 5 heteroatoms. The second-order valence-electron chi connectivity index (χ2n) is 3.51. The number of fused-ring (bicyclic) bond motifs is 1. The summed E-state index contributed by atoms with van der Waals surface area (Å²) in [7, 11) is 1.87. The minimum Gasteiger partial charge on any atom is -0.328 e. The van der Waals surface area contributed by atoms with Crippen molar-refractivity contribution in [3.63, 3.8) is 0 Å². The number of hydrogen-bond donors (Lipinski definition) is 1. The lowest BCUT2D eigenvalue weighted by Gasteiger charge is -2.04. The summed E-state index contributed by atoms with van der Waals surface area (Å²) >= 11 is 0. The molecule has 0 aromatic carbocycles. The van der Waals surface area contributed by atoms with Gasteiger partial charge >= 0.3 is 0 Å². The number of nitrogens with two attached hydrogens (primary N) is 1. The highest BCUT2D eigenvalue weighted by Gasteiger charge is 2.08. The first-order valence-corrected chi connectivity index (χ1v) is 4.55. The van der Waals surface area contributed by atoms with Crippen LogP contribution in [0.25, 0.3) is 11.0 Å². The molecule has 1 atom stereocenters. The van der Waals surface area contributed by atoms with Gasteiger partial charge in [0.15, 0.2) is 5.65 Å². The normalized spacial score (nSPS) is 13.4. The van der Waals surface area contributed by atoms with E-state index in [9.17, 15) is 0 Å². The van der Waals surface area contributed by atoms with E-state index in [2.05, 4.69) is 15.1 Å². The third-order valence-corrected chi connectivity index (χ3v) is 2.13. The van der Waals surface area contributed by atoms with Crippen molar-refractivity contribution in [1.29, 1.82) is 0 Å². The molecule has 0 aliphatic carbocycles. The number of rotatable bonds is 2. The summed E-state index contributed by atoms with van der Waals surface area (Å²) in [6.07, 6.45) is 4.10. The zero-order valence-electron chi connectivity index (χ0n) is 8.31. The molecular weight excluding hydrogens is 178 g/mol. The van der Waals surface area contributed by atoms with Gasteiger partial charge in [0, 0.05) is 19.5 Å². The molecule has 0 fully saturated rings. The molecule has 2 heterocycles. The highest BCUT2D eigenvalue weighted by Crippen LogP contribution is 2.13. The van der Waals surface area contributed by atoms with E-state index >= 15 is 0 Å². The lowest BCUT2D eigenvalue weighted by atomic mass is 10.1. The maximum absolute atomic E-state index is 5.73. The van der Waals surface area contributed by atoms with Gasteiger partial charge in [-0.1, -0.05) is 0 Å². The van der Waals surface area contributed by atoms with Crippen molar-refractivity contribution in [2.75, 3.05) is 0 Å². The summed E-state index contributed by atoms with van der Waals surface area (Å²) in [4.78, 5) is 8.37. The molecule has 0 bridgehead atoms. The van der Waals surface area contributed by atoms with Crippen molar-refractivity contribution < 1.29 is 0 Å². The van der Waals surface area contributed by atoms with Gasteiger partial charge in [-0.05, 0) is 6.92 Å². The van der Waals surface area contributed by atoms with E-state index in [0.29, 0.717) is 0 Å². The Bertz CT molecular complexity index is 445. The van der Waals surface area contributed by atoms with Crippen LogP contribution in [-0.2, 0) is 13.5 Å². The zero-order chi connectivity index (χ0) is 10.1. The lowest BCUT2D eigenvalue weighted by molar-refractivity contribution is 0.724. The van der Waals surface area contributed by atoms with Crippen molar-refractivity contribution in [1.82, 2.24) is 19.7 Å². The Balaban J connectivity index is 2.54. The summed E-state index contributed by atoms with van der Waals surface area (Å²) in [6, 6.07) is 0.105. The van der Waals surface area contributed by atoms with Crippen molar-refractivity contribution in [3.8, 4) is 0 Å². The SMILES string of the molecule is CC(N)Cc1ncnc2c1cnn2C. The van der Waals surface area contributed by atoms with Gasteiger partial charge in [0.2, 0.25) is 0 Å². The summed E-state index contributed by atoms with van der Waals surface area (Å²) in [5.41, 5.74) is 7.56. The van der Waals surface area contributed by atoms with Gasteiger partial charge in [-0.25, -0.2) is 9.97 Å². The molecule has 0 saturated heterocycles. The highest BCUT2D eigenvalue weighted by molar-refractivity contribution is 5.76. The molecule has 2 rings (SSSR count). The average molecular weight is 191 g/mol. The molecular formula is C9H13N5. The van der Waals surface area contributed by atoms with E-state index < -0.39 is 0 Å². The minimum atomic E-state index is 0.105. The molecule has 0 aliphatic heterocycles. The van der Waals surface area contributed by atoms with Crippen LogP contribution in [0.5, 0.6) is 0 Å². The second-order valence-corrected chi connectivity index (χ2v) is 3.51. The summed E-state index contributed by atoms with van der Waals surface area (Å²) in [5, 5.41) is 5.13. The Morgan fingerprint density at radius 3 is 3.00 bits per heavy atom. The minimum absolute atomic E-state index is 0.105. The fourth-order valence-corrected chi connectivity index (χ4v) is 1.48. The first kappa shape index (κ1) is 9.08. The third-order valence-electron chi connectivity index (χ3n) is 2.13. The third kappa shape index (κ3) is 1.46. The Labute approximate surface area is 82.0 Å². The Kier molecular flexibility index (Phi) is 2.17. The predicted octanol–water partition coefficient (Wildman–Crippen LogP) is 0.253. The molecule has 5 nitrogen and oxygen atoms in total. The molecule has 0 amide bonds. The first-order valence-electron chi connectivity index (χ1n) is 4.55. The van der Waals surface area contributed by atoms with Crippen LogP contribution in [0.1, 0.15) is 12.6 Å². The van der Waals surface area contributed by atoms with Gasteiger partial charge in [0.1, 0.15) is 6.33 Å². The maximum Gasteiger partial charge on any atom is 0.161 e. The van der Waals surface area contributed by atoms with Gasteiger partial charge in [-0.3, -0.25) is 4.68 Å². The van der Waals surface area contributed by atoms with E-state index in [1.165, 1.54) is 0 Å². The summed E-state index contributed by atoms with van der Waals surface area (Å²) in [5.74, 6) is 0. The van der Waals surface area contributed by atoms with Crippen LogP contribution in [-0.4, -0.2) is 25.8 Å². The summed E-state index contributed by atoms with van der Waals surface area (Å²) in [6.45, 7) is 1.96. The molecule has 2 N–H and O–H groups in total. The topological polar surface area (TPSA) is 69.6 Å². The van der Waals surface area contributed by atoms with Crippen molar-refractivity contribution in [3.05, 3.63) is 18.2 Å². The van der Waals surface area contributed by atoms with Crippen molar-refractivity contribution >= 4 is 11.0 Å². The Morgan fingerprint density at radius 1 is 1.50 bits per heavy atom. The first-order chi connectivity index (χ1) is 6.68. The van der Waals surface area contributed by atoms with Crippen LogP contribution in [0, 0.1) is 0 Å². The molecule has 2 aromatic rings. The molecule has 1 unspecified atom stereocenters. The van der Waals surface area contributed by atoms with Crippen LogP contribution in [0.3, 0.4) is 0 Å².